The van der Waals surface area contributed by atoms with E-state index in [1.807, 2.05) is 29.5 Å². The number of fused-ring (bicyclic) bond motifs is 3. The Morgan fingerprint density at radius 1 is 1.10 bits per heavy atom. The Balaban J connectivity index is 0.773. The minimum absolute atomic E-state index is 0.0502. The summed E-state index contributed by atoms with van der Waals surface area (Å²) in [5, 5.41) is 20.0. The number of carbonyl (C=O) groups is 5. The third-order valence-electron chi connectivity index (χ3n) is 12.1. The number of aromatic nitrogens is 4. The molecular formula is C39H40F2N9O6PS. The van der Waals surface area contributed by atoms with Gasteiger partial charge in [0.1, 0.15) is 12.0 Å². The molecule has 2 aromatic heterocycles. The number of nitrogens with one attached hydrogen (secondary N) is 4. The summed E-state index contributed by atoms with van der Waals surface area (Å²) in [7, 11) is -0.966. The number of anilines is 2. The minimum atomic E-state index is -2.75. The zero-order valence-electron chi connectivity index (χ0n) is 31.5. The zero-order chi connectivity index (χ0) is 40.5. The van der Waals surface area contributed by atoms with Crippen LogP contribution in [0.25, 0.3) is 0 Å². The average Bonchev–Trinajstić information content (AvgIpc) is 3.69. The van der Waals surface area contributed by atoms with Crippen molar-refractivity contribution in [2.45, 2.75) is 50.6 Å². The Hall–Kier alpha value is -5.03. The van der Waals surface area contributed by atoms with Crippen molar-refractivity contribution in [3.63, 3.8) is 0 Å². The molecule has 58 heavy (non-hydrogen) atoms. The molecule has 5 unspecified atom stereocenters. The van der Waals surface area contributed by atoms with Crippen LogP contribution in [0.5, 0.6) is 0 Å². The van der Waals surface area contributed by atoms with Crippen molar-refractivity contribution < 1.29 is 37.3 Å². The second kappa shape index (κ2) is 14.7. The van der Waals surface area contributed by atoms with Crippen LogP contribution >= 0.6 is 20.1 Å². The van der Waals surface area contributed by atoms with Crippen molar-refractivity contribution in [3.05, 3.63) is 94.6 Å². The van der Waals surface area contributed by atoms with Crippen LogP contribution in [0, 0.1) is 17.3 Å². The third kappa shape index (κ3) is 6.59. The van der Waals surface area contributed by atoms with Crippen molar-refractivity contribution >= 4 is 61.0 Å². The highest BCUT2D eigenvalue weighted by molar-refractivity contribution is 7.97. The number of hydrogen-bond acceptors (Lipinski definition) is 11. The number of aromatic amines is 1. The van der Waals surface area contributed by atoms with E-state index < -0.39 is 61.0 Å². The second-order valence-electron chi connectivity index (χ2n) is 15.6. The lowest BCUT2D eigenvalue weighted by molar-refractivity contribution is -0.136. The maximum atomic E-state index is 14.5. The van der Waals surface area contributed by atoms with Gasteiger partial charge in [0.2, 0.25) is 11.8 Å². The summed E-state index contributed by atoms with van der Waals surface area (Å²) in [6, 6.07) is 13.8. The Bertz CT molecular complexity index is 2340. The SMILES string of the molecule is CP(CNc1cccc2c1C(=O)N(C1CCC(=O)NC1=O)C2=O)OCSN1CC(C(c2ccccc2)n2cc(NC(=O)c3n[nH]c4c3CC3C(F)(F)C3(C)C4)cn2)C1. The van der Waals surface area contributed by atoms with Gasteiger partial charge in [0.05, 0.1) is 35.3 Å². The van der Waals surface area contributed by atoms with Crippen molar-refractivity contribution in [2.75, 3.05) is 42.6 Å². The van der Waals surface area contributed by atoms with Gasteiger partial charge in [-0.2, -0.15) is 10.2 Å². The Morgan fingerprint density at radius 2 is 1.90 bits per heavy atom. The average molecular weight is 832 g/mol. The first-order valence-electron chi connectivity index (χ1n) is 19.0. The summed E-state index contributed by atoms with van der Waals surface area (Å²) in [6.45, 7) is 5.07. The fraction of sp³-hybridized carbons (Fsp3) is 0.410. The first-order chi connectivity index (χ1) is 27.8. The number of H-pyrrole nitrogens is 1. The predicted octanol–water partition coefficient (Wildman–Crippen LogP) is 4.87. The molecule has 0 radical (unpaired) electrons. The summed E-state index contributed by atoms with van der Waals surface area (Å²) < 4.78 is 39.1. The first-order valence-corrected chi connectivity index (χ1v) is 21.8. The van der Waals surface area contributed by atoms with Gasteiger partial charge in [-0.25, -0.2) is 13.1 Å². The molecule has 1 saturated carbocycles. The van der Waals surface area contributed by atoms with Crippen LogP contribution in [0.3, 0.4) is 0 Å². The zero-order valence-corrected chi connectivity index (χ0v) is 33.2. The molecule has 5 atom stereocenters. The van der Waals surface area contributed by atoms with Crippen molar-refractivity contribution in [3.8, 4) is 0 Å². The van der Waals surface area contributed by atoms with Gasteiger partial charge in [-0.15, -0.1) is 0 Å². The van der Waals surface area contributed by atoms with Crippen LogP contribution in [-0.4, -0.2) is 103 Å². The lowest BCUT2D eigenvalue weighted by Gasteiger charge is -2.42. The molecular weight excluding hydrogens is 792 g/mol. The van der Waals surface area contributed by atoms with Crippen LogP contribution in [0.4, 0.5) is 20.2 Å². The Morgan fingerprint density at radius 3 is 2.67 bits per heavy atom. The number of alkyl halides is 2. The van der Waals surface area contributed by atoms with Gasteiger partial charge in [-0.1, -0.05) is 43.3 Å². The van der Waals surface area contributed by atoms with Gasteiger partial charge >= 0.3 is 0 Å². The number of carbonyl (C=O) groups excluding carboxylic acids is 5. The monoisotopic (exact) mass is 831 g/mol. The van der Waals surface area contributed by atoms with E-state index in [9.17, 15) is 32.8 Å². The van der Waals surface area contributed by atoms with Crippen LogP contribution < -0.4 is 16.0 Å². The molecule has 302 valence electrons. The number of halogens is 2. The van der Waals surface area contributed by atoms with E-state index in [-0.39, 0.29) is 54.5 Å². The first kappa shape index (κ1) is 38.5. The largest absolute Gasteiger partial charge is 0.378 e. The fourth-order valence-electron chi connectivity index (χ4n) is 8.70. The number of nitrogens with zero attached hydrogens (tertiary/aromatic N) is 5. The molecule has 5 aliphatic rings. The summed E-state index contributed by atoms with van der Waals surface area (Å²) in [5.74, 6) is -5.59. The fourth-order valence-corrected chi connectivity index (χ4v) is 10.8. The standard InChI is InChI=1S/C39H40F2N9O6PS/c1-38-14-27-25(13-29(38)39(38,40)41)32(47-46-27)35(53)44-23-15-43-49(18-23)33(21-7-4-3-5-8-21)22-16-48(17-22)58-20-56-57(2)19-42-26-10-6-9-24-31(26)37(55)50(36(24)54)28-11-12-30(51)45-34(28)52/h3-10,15,18,22,28-29,33,42H,11-14,16-17,19-20H2,1-2H3,(H,44,53)(H,46,47)(H,45,51,52). The summed E-state index contributed by atoms with van der Waals surface area (Å²) >= 11 is 1.58. The van der Waals surface area contributed by atoms with E-state index >= 15 is 0 Å². The highest BCUT2D eigenvalue weighted by Crippen LogP contribution is 2.70. The quantitative estimate of drug-likeness (QED) is 0.0625. The number of rotatable bonds is 13. The molecule has 0 bridgehead atoms. The van der Waals surface area contributed by atoms with Gasteiger partial charge in [-0.3, -0.25) is 44.0 Å². The van der Waals surface area contributed by atoms with Gasteiger partial charge in [0, 0.05) is 74.5 Å². The second-order valence-corrected chi connectivity index (χ2v) is 18.5. The molecule has 3 aliphatic heterocycles. The molecule has 2 aliphatic carbocycles. The molecule has 2 saturated heterocycles. The van der Waals surface area contributed by atoms with Crippen LogP contribution in [0.1, 0.15) is 73.8 Å². The number of imide groups is 2. The number of piperidine rings is 1. The molecule has 0 spiro atoms. The molecule has 9 rings (SSSR count). The number of hydrogen-bond donors (Lipinski definition) is 4. The minimum Gasteiger partial charge on any atom is -0.378 e. The third-order valence-corrected chi connectivity index (χ3v) is 14.3. The lowest BCUT2D eigenvalue weighted by atomic mass is 9.87. The van der Waals surface area contributed by atoms with Crippen LogP contribution in [0.2, 0.25) is 0 Å². The molecule has 2 aromatic carbocycles. The van der Waals surface area contributed by atoms with Crippen LogP contribution in [-0.2, 0) is 27.0 Å². The smallest absolute Gasteiger partial charge is 0.276 e. The van der Waals surface area contributed by atoms with E-state index in [1.165, 1.54) is 0 Å². The van der Waals surface area contributed by atoms with Gasteiger partial charge in [0.25, 0.3) is 23.6 Å². The summed E-state index contributed by atoms with van der Waals surface area (Å²) in [6.07, 6.45) is 4.20. The van der Waals surface area contributed by atoms with E-state index in [1.54, 1.807) is 49.5 Å². The summed E-state index contributed by atoms with van der Waals surface area (Å²) in [4.78, 5) is 65.0. The van der Waals surface area contributed by atoms with Crippen LogP contribution in [0.15, 0.2) is 60.9 Å². The molecule has 4 aromatic rings. The van der Waals surface area contributed by atoms with Gasteiger partial charge in [-0.05, 0) is 49.2 Å². The number of benzene rings is 2. The highest BCUT2D eigenvalue weighted by atomic mass is 32.2. The molecule has 15 nitrogen and oxygen atoms in total. The van der Waals surface area contributed by atoms with E-state index in [0.29, 0.717) is 34.9 Å². The molecule has 3 fully saturated rings. The number of amides is 5. The molecule has 5 amide bonds. The summed E-state index contributed by atoms with van der Waals surface area (Å²) in [5.41, 5.74) is 2.66. The maximum absolute atomic E-state index is 14.5. The van der Waals surface area contributed by atoms with Gasteiger partial charge < -0.3 is 15.2 Å². The van der Waals surface area contributed by atoms with Crippen molar-refractivity contribution in [1.82, 2.24) is 34.5 Å². The van der Waals surface area contributed by atoms with E-state index in [2.05, 4.69) is 47.7 Å². The topological polar surface area (TPSA) is 184 Å². The van der Waals surface area contributed by atoms with E-state index in [0.717, 1.165) is 23.6 Å². The highest BCUT2D eigenvalue weighted by Gasteiger charge is 2.78. The van der Waals surface area contributed by atoms with E-state index in [4.69, 9.17) is 4.52 Å². The lowest BCUT2D eigenvalue weighted by Crippen LogP contribution is -2.54. The Kier molecular flexibility index (Phi) is 9.73. The molecule has 4 N–H and O–H groups in total. The van der Waals surface area contributed by atoms with Crippen molar-refractivity contribution in [2.24, 2.45) is 17.3 Å². The molecule has 19 heteroatoms. The molecule has 5 heterocycles. The maximum Gasteiger partial charge on any atom is 0.276 e. The van der Waals surface area contributed by atoms with Crippen molar-refractivity contribution in [1.29, 1.82) is 0 Å². The predicted molar refractivity (Wildman–Crippen MR) is 210 cm³/mol. The Labute approximate surface area is 337 Å². The van der Waals surface area contributed by atoms with Gasteiger partial charge in [0.15, 0.2) is 5.69 Å². The normalized spacial score (nSPS) is 24.7.